The van der Waals surface area contributed by atoms with Gasteiger partial charge in [0.1, 0.15) is 11.4 Å². The third kappa shape index (κ3) is 2.59. The molecule has 1 aliphatic heterocycles. The number of ether oxygens (including phenoxy) is 1. The van der Waals surface area contributed by atoms with Gasteiger partial charge in [0.25, 0.3) is 0 Å². The molecule has 0 unspecified atom stereocenters. The summed E-state index contributed by atoms with van der Waals surface area (Å²) in [5.41, 5.74) is 1.97. The molecule has 0 bridgehead atoms. The van der Waals surface area contributed by atoms with Crippen LogP contribution >= 0.6 is 0 Å². The van der Waals surface area contributed by atoms with Crippen LogP contribution < -0.4 is 5.06 Å². The maximum atomic E-state index is 13.7. The fraction of sp³-hybridized carbons (Fsp3) is 0.222. The molecule has 24 heavy (non-hydrogen) atoms. The molecule has 3 rings (SSSR count). The van der Waals surface area contributed by atoms with Gasteiger partial charge >= 0.3 is 6.09 Å². The average molecular weight is 326 g/mol. The number of cyclic esters (lactones) is 1. The first kappa shape index (κ1) is 16.0. The Hall–Kier alpha value is -2.91. The lowest BCUT2D eigenvalue weighted by atomic mass is 9.91. The zero-order chi connectivity index (χ0) is 17.5. The van der Waals surface area contributed by atoms with Crippen molar-refractivity contribution in [3.63, 3.8) is 0 Å². The first-order valence-corrected chi connectivity index (χ1v) is 7.28. The van der Waals surface area contributed by atoms with E-state index in [0.29, 0.717) is 16.8 Å². The average Bonchev–Trinajstić information content (AvgIpc) is 2.53. The topological polar surface area (TPSA) is 62.6 Å². The number of benzene rings is 2. The molecule has 0 spiro atoms. The molecule has 2 aromatic carbocycles. The Labute approximate surface area is 138 Å². The molecule has 0 atom stereocenters. The van der Waals surface area contributed by atoms with Gasteiger partial charge in [-0.1, -0.05) is 6.07 Å². The van der Waals surface area contributed by atoms with Crippen molar-refractivity contribution in [2.75, 3.05) is 12.2 Å². The number of carbonyl (C=O) groups is 1. The van der Waals surface area contributed by atoms with Crippen LogP contribution in [-0.4, -0.2) is 13.2 Å². The Morgan fingerprint density at radius 3 is 2.62 bits per heavy atom. The number of amides is 1. The fourth-order valence-corrected chi connectivity index (χ4v) is 2.78. The molecular weight excluding hydrogens is 311 g/mol. The summed E-state index contributed by atoms with van der Waals surface area (Å²) >= 11 is 0. The quantitative estimate of drug-likeness (QED) is 0.833. The van der Waals surface area contributed by atoms with Crippen molar-refractivity contribution in [3.8, 4) is 17.2 Å². The van der Waals surface area contributed by atoms with E-state index in [9.17, 15) is 9.18 Å². The Kier molecular flexibility index (Phi) is 3.74. The monoisotopic (exact) mass is 326 g/mol. The largest absolute Gasteiger partial charge is 0.439 e. The third-order valence-electron chi connectivity index (χ3n) is 3.92. The van der Waals surface area contributed by atoms with Crippen molar-refractivity contribution in [3.05, 3.63) is 53.3 Å². The van der Waals surface area contributed by atoms with Crippen LogP contribution in [0.15, 0.2) is 36.4 Å². The number of fused-ring (bicyclic) bond motifs is 1. The summed E-state index contributed by atoms with van der Waals surface area (Å²) in [4.78, 5) is 17.1. The fourth-order valence-electron chi connectivity index (χ4n) is 2.78. The summed E-state index contributed by atoms with van der Waals surface area (Å²) in [5, 5.41) is 10.1. The van der Waals surface area contributed by atoms with Crippen LogP contribution in [0.25, 0.3) is 11.1 Å². The van der Waals surface area contributed by atoms with Gasteiger partial charge in [0, 0.05) is 5.56 Å². The second kappa shape index (κ2) is 5.62. The van der Waals surface area contributed by atoms with Crippen LogP contribution in [-0.2, 0) is 15.2 Å². The maximum absolute atomic E-state index is 13.7. The number of hydrogen-bond donors (Lipinski definition) is 0. The van der Waals surface area contributed by atoms with Crippen molar-refractivity contribution in [1.29, 1.82) is 5.26 Å². The van der Waals surface area contributed by atoms with Gasteiger partial charge < -0.3 is 4.74 Å². The highest BCUT2D eigenvalue weighted by Crippen LogP contribution is 2.41. The number of halogens is 1. The van der Waals surface area contributed by atoms with Crippen LogP contribution in [0, 0.1) is 17.1 Å². The van der Waals surface area contributed by atoms with Crippen molar-refractivity contribution in [2.24, 2.45) is 0 Å². The summed E-state index contributed by atoms with van der Waals surface area (Å²) in [7, 11) is 1.38. The molecule has 1 aliphatic rings. The van der Waals surface area contributed by atoms with E-state index in [2.05, 4.69) is 0 Å². The minimum absolute atomic E-state index is 0.243. The number of anilines is 1. The lowest BCUT2D eigenvalue weighted by Gasteiger charge is -2.37. The molecule has 0 saturated heterocycles. The highest BCUT2D eigenvalue weighted by Gasteiger charge is 2.39. The van der Waals surface area contributed by atoms with Crippen molar-refractivity contribution in [2.45, 2.75) is 19.4 Å². The van der Waals surface area contributed by atoms with Gasteiger partial charge in [0.05, 0.1) is 24.4 Å². The van der Waals surface area contributed by atoms with Crippen molar-refractivity contribution < 1.29 is 18.8 Å². The van der Waals surface area contributed by atoms with Crippen LogP contribution in [0.2, 0.25) is 0 Å². The van der Waals surface area contributed by atoms with Gasteiger partial charge in [-0.2, -0.15) is 10.3 Å². The molecule has 122 valence electrons. The smallest absolute Gasteiger partial charge is 0.437 e. The lowest BCUT2D eigenvalue weighted by molar-refractivity contribution is 0.00780. The van der Waals surface area contributed by atoms with E-state index >= 15 is 0 Å². The summed E-state index contributed by atoms with van der Waals surface area (Å²) < 4.78 is 19.1. The van der Waals surface area contributed by atoms with E-state index in [0.717, 1.165) is 10.6 Å². The van der Waals surface area contributed by atoms with Gasteiger partial charge in [-0.05, 0) is 55.3 Å². The molecule has 2 aromatic rings. The number of nitrogens with zero attached hydrogens (tertiary/aromatic N) is 2. The standard InChI is InChI=1S/C18H15FN2O3/c1-18(2)15-9-12(13-6-11(10-20)7-14(19)8-13)4-5-16(15)21(23-3)17(22)24-18/h4-9H,1-3H3. The predicted molar refractivity (Wildman–Crippen MR) is 85.5 cm³/mol. The van der Waals surface area contributed by atoms with E-state index in [-0.39, 0.29) is 5.56 Å². The SMILES string of the molecule is CON1C(=O)OC(C)(C)c2cc(-c3cc(F)cc(C#N)c3)ccc21. The number of hydroxylamine groups is 1. The summed E-state index contributed by atoms with van der Waals surface area (Å²) in [5.74, 6) is -0.481. The number of rotatable bonds is 2. The van der Waals surface area contributed by atoms with Gasteiger partial charge in [-0.3, -0.25) is 4.84 Å². The summed E-state index contributed by atoms with van der Waals surface area (Å²) in [6.07, 6.45) is -0.597. The van der Waals surface area contributed by atoms with E-state index < -0.39 is 17.5 Å². The molecule has 6 heteroatoms. The minimum Gasteiger partial charge on any atom is -0.437 e. The molecule has 0 aliphatic carbocycles. The zero-order valence-corrected chi connectivity index (χ0v) is 13.5. The molecule has 1 amide bonds. The Morgan fingerprint density at radius 2 is 1.96 bits per heavy atom. The predicted octanol–water partition coefficient (Wildman–Crippen LogP) is 4.12. The van der Waals surface area contributed by atoms with E-state index in [1.807, 2.05) is 12.1 Å². The van der Waals surface area contributed by atoms with Crippen molar-refractivity contribution in [1.82, 2.24) is 0 Å². The molecule has 1 heterocycles. The summed E-state index contributed by atoms with van der Waals surface area (Å²) in [6.45, 7) is 3.54. The zero-order valence-electron chi connectivity index (χ0n) is 13.5. The minimum atomic E-state index is -0.858. The molecule has 0 radical (unpaired) electrons. The van der Waals surface area contributed by atoms with Gasteiger partial charge in [0.15, 0.2) is 0 Å². The number of hydrogen-bond acceptors (Lipinski definition) is 4. The number of nitriles is 1. The molecule has 0 saturated carbocycles. The van der Waals surface area contributed by atoms with E-state index in [4.69, 9.17) is 14.8 Å². The normalized spacial score (nSPS) is 15.5. The second-order valence-corrected chi connectivity index (χ2v) is 5.93. The second-order valence-electron chi connectivity index (χ2n) is 5.93. The number of carbonyl (C=O) groups excluding carboxylic acids is 1. The van der Waals surface area contributed by atoms with Crippen molar-refractivity contribution >= 4 is 11.8 Å². The lowest BCUT2D eigenvalue weighted by Crippen LogP contribution is -2.42. The van der Waals surface area contributed by atoms with E-state index in [1.165, 1.54) is 19.2 Å². The Bertz CT molecular complexity index is 871. The van der Waals surface area contributed by atoms with Crippen LogP contribution in [0.3, 0.4) is 0 Å². The highest BCUT2D eigenvalue weighted by molar-refractivity contribution is 5.90. The first-order valence-electron chi connectivity index (χ1n) is 7.28. The van der Waals surface area contributed by atoms with Crippen LogP contribution in [0.4, 0.5) is 14.9 Å². The summed E-state index contributed by atoms with van der Waals surface area (Å²) in [6, 6.07) is 11.4. The van der Waals surface area contributed by atoms with Gasteiger partial charge in [0.2, 0.25) is 0 Å². The van der Waals surface area contributed by atoms with Gasteiger partial charge in [-0.15, -0.1) is 0 Å². The molecule has 0 fully saturated rings. The van der Waals surface area contributed by atoms with Crippen LogP contribution in [0.1, 0.15) is 25.0 Å². The maximum Gasteiger partial charge on any atom is 0.439 e. The van der Waals surface area contributed by atoms with Gasteiger partial charge in [-0.25, -0.2) is 9.18 Å². The van der Waals surface area contributed by atoms with Crippen LogP contribution in [0.5, 0.6) is 0 Å². The molecule has 5 nitrogen and oxygen atoms in total. The van der Waals surface area contributed by atoms with E-state index in [1.54, 1.807) is 32.0 Å². The third-order valence-corrected chi connectivity index (χ3v) is 3.92. The molecular formula is C18H15FN2O3. The molecule has 0 aromatic heterocycles. The Balaban J connectivity index is 2.17. The highest BCUT2D eigenvalue weighted by atomic mass is 19.1. The first-order chi connectivity index (χ1) is 11.4. The Morgan fingerprint density at radius 1 is 1.21 bits per heavy atom. The molecule has 0 N–H and O–H groups in total.